The summed E-state index contributed by atoms with van der Waals surface area (Å²) in [4.78, 5) is 25.9. The van der Waals surface area contributed by atoms with Crippen LogP contribution in [0.2, 0.25) is 0 Å². The van der Waals surface area contributed by atoms with Crippen LogP contribution in [0.5, 0.6) is 23.0 Å². The molecule has 3 rings (SSSR count). The largest absolute Gasteiger partial charge is 0.497 e. The van der Waals surface area contributed by atoms with Crippen LogP contribution in [0.1, 0.15) is 42.3 Å². The molecule has 0 spiro atoms. The van der Waals surface area contributed by atoms with Crippen molar-refractivity contribution in [2.75, 3.05) is 38.5 Å². The molecule has 0 heterocycles. The lowest BCUT2D eigenvalue weighted by Gasteiger charge is -2.17. The third kappa shape index (κ3) is 8.77. The monoisotopic (exact) mass is 599 g/mol. The Hall–Kier alpha value is -4.45. The first-order valence-electron chi connectivity index (χ1n) is 13.4. The first kappa shape index (κ1) is 32.1. The van der Waals surface area contributed by atoms with Gasteiger partial charge in [0.2, 0.25) is 0 Å². The molecule has 0 aromatic heterocycles. The zero-order chi connectivity index (χ0) is 30.7. The highest BCUT2D eigenvalue weighted by Crippen LogP contribution is 2.33. The number of anilines is 1. The number of carbonyl (C=O) groups excluding carboxylic acids is 2. The lowest BCUT2D eigenvalue weighted by atomic mass is 10.1. The molecule has 0 bridgehead atoms. The molecule has 0 saturated carbocycles. The van der Waals surface area contributed by atoms with Crippen LogP contribution in [-0.2, 0) is 22.9 Å². The van der Waals surface area contributed by atoms with Crippen molar-refractivity contribution in [3.8, 4) is 23.0 Å². The lowest BCUT2D eigenvalue weighted by Crippen LogP contribution is -2.29. The maximum atomic E-state index is 13.1. The molecule has 226 valence electrons. The van der Waals surface area contributed by atoms with Crippen LogP contribution in [0.25, 0.3) is 0 Å². The average Bonchev–Trinajstić information content (AvgIpc) is 2.96. The molecule has 0 aliphatic heterocycles. The standard InChI is InChI=1S/C30H37N3O8S/c1-6-39-25-13-12-22(16-24(25)29(34)31-18-20-10-9-11-23(14-20)38-4)33-30(35)32-19-21-15-27(41-8-3)28(42(5,36)37)17-26(21)40-7-2/h9-17H,6-8,18-19H2,1-5H3,(H,31,34)(H2,32,33,35). The predicted molar refractivity (Wildman–Crippen MR) is 160 cm³/mol. The normalized spacial score (nSPS) is 10.9. The van der Waals surface area contributed by atoms with E-state index >= 15 is 0 Å². The maximum absolute atomic E-state index is 13.1. The molecule has 3 aromatic rings. The van der Waals surface area contributed by atoms with Crippen LogP contribution < -0.4 is 34.9 Å². The first-order chi connectivity index (χ1) is 20.1. The molecule has 3 aromatic carbocycles. The van der Waals surface area contributed by atoms with Crippen LogP contribution in [0, 0.1) is 0 Å². The van der Waals surface area contributed by atoms with E-state index in [0.717, 1.165) is 11.8 Å². The van der Waals surface area contributed by atoms with Crippen molar-refractivity contribution in [3.63, 3.8) is 0 Å². The van der Waals surface area contributed by atoms with E-state index in [-0.39, 0.29) is 41.8 Å². The zero-order valence-electron chi connectivity index (χ0n) is 24.4. The van der Waals surface area contributed by atoms with Crippen molar-refractivity contribution >= 4 is 27.5 Å². The Balaban J connectivity index is 1.75. The quantitative estimate of drug-likeness (QED) is 0.245. The fraction of sp³-hybridized carbons (Fsp3) is 0.333. The number of benzene rings is 3. The molecular formula is C30H37N3O8S. The fourth-order valence-corrected chi connectivity index (χ4v) is 4.85. The number of amides is 3. The first-order valence-corrected chi connectivity index (χ1v) is 15.3. The maximum Gasteiger partial charge on any atom is 0.319 e. The Morgan fingerprint density at radius 2 is 1.48 bits per heavy atom. The molecule has 12 heteroatoms. The zero-order valence-corrected chi connectivity index (χ0v) is 25.2. The molecule has 0 aliphatic carbocycles. The van der Waals surface area contributed by atoms with Gasteiger partial charge in [-0.25, -0.2) is 13.2 Å². The second kappa shape index (κ2) is 15.0. The Kier molecular flexibility index (Phi) is 11.4. The van der Waals surface area contributed by atoms with Gasteiger partial charge in [0.1, 0.15) is 27.9 Å². The lowest BCUT2D eigenvalue weighted by molar-refractivity contribution is 0.0947. The van der Waals surface area contributed by atoms with E-state index in [4.69, 9.17) is 18.9 Å². The van der Waals surface area contributed by atoms with E-state index in [9.17, 15) is 18.0 Å². The summed E-state index contributed by atoms with van der Waals surface area (Å²) in [7, 11) is -2.01. The number of sulfone groups is 1. The summed E-state index contributed by atoms with van der Waals surface area (Å²) in [5.41, 5.74) is 2.02. The number of urea groups is 1. The average molecular weight is 600 g/mol. The second-order valence-electron chi connectivity index (χ2n) is 9.03. The van der Waals surface area contributed by atoms with E-state index in [2.05, 4.69) is 16.0 Å². The molecule has 0 saturated heterocycles. The minimum absolute atomic E-state index is 0.00703. The Morgan fingerprint density at radius 1 is 0.786 bits per heavy atom. The summed E-state index contributed by atoms with van der Waals surface area (Å²) >= 11 is 0. The topological polar surface area (TPSA) is 141 Å². The predicted octanol–water partition coefficient (Wildman–Crippen LogP) is 4.55. The number of ether oxygens (including phenoxy) is 4. The SMILES string of the molecule is CCOc1cc(S(C)(=O)=O)c(OCC)cc1CNC(=O)Nc1ccc(OCC)c(C(=O)NCc2cccc(OC)c2)c1. The molecule has 0 atom stereocenters. The van der Waals surface area contributed by atoms with Crippen molar-refractivity contribution in [1.82, 2.24) is 10.6 Å². The van der Waals surface area contributed by atoms with Gasteiger partial charge in [0, 0.05) is 36.7 Å². The van der Waals surface area contributed by atoms with Crippen LogP contribution in [-0.4, -0.2) is 53.5 Å². The van der Waals surface area contributed by atoms with E-state index in [1.807, 2.05) is 31.2 Å². The number of methoxy groups -OCH3 is 1. The van der Waals surface area contributed by atoms with Gasteiger partial charge < -0.3 is 34.9 Å². The molecule has 3 N–H and O–H groups in total. The molecule has 0 aliphatic rings. The van der Waals surface area contributed by atoms with E-state index < -0.39 is 15.9 Å². The van der Waals surface area contributed by atoms with Gasteiger partial charge in [0.25, 0.3) is 5.91 Å². The smallest absolute Gasteiger partial charge is 0.319 e. The van der Waals surface area contributed by atoms with Crippen LogP contribution in [0.4, 0.5) is 10.5 Å². The number of nitrogens with one attached hydrogen (secondary N) is 3. The molecule has 11 nitrogen and oxygen atoms in total. The van der Waals surface area contributed by atoms with Crippen molar-refractivity contribution in [1.29, 1.82) is 0 Å². The van der Waals surface area contributed by atoms with Gasteiger partial charge in [-0.3, -0.25) is 4.79 Å². The number of hydrogen-bond acceptors (Lipinski definition) is 8. The Bertz CT molecular complexity index is 1510. The third-order valence-electron chi connectivity index (χ3n) is 5.93. The highest BCUT2D eigenvalue weighted by molar-refractivity contribution is 7.90. The number of rotatable bonds is 14. The van der Waals surface area contributed by atoms with Gasteiger partial charge in [0.15, 0.2) is 9.84 Å². The van der Waals surface area contributed by atoms with Gasteiger partial charge in [-0.05, 0) is 62.7 Å². The third-order valence-corrected chi connectivity index (χ3v) is 7.05. The summed E-state index contributed by atoms with van der Waals surface area (Å²) in [5, 5.41) is 8.33. The van der Waals surface area contributed by atoms with Crippen molar-refractivity contribution in [2.45, 2.75) is 38.8 Å². The van der Waals surface area contributed by atoms with Gasteiger partial charge >= 0.3 is 6.03 Å². The van der Waals surface area contributed by atoms with E-state index in [1.54, 1.807) is 39.2 Å². The molecule has 0 unspecified atom stereocenters. The summed E-state index contributed by atoms with van der Waals surface area (Å²) in [6, 6.07) is 14.5. The van der Waals surface area contributed by atoms with Gasteiger partial charge in [-0.2, -0.15) is 0 Å². The molecule has 42 heavy (non-hydrogen) atoms. The van der Waals surface area contributed by atoms with Crippen molar-refractivity contribution in [2.24, 2.45) is 0 Å². The summed E-state index contributed by atoms with van der Waals surface area (Å²) in [6.45, 7) is 6.54. The van der Waals surface area contributed by atoms with Crippen LogP contribution >= 0.6 is 0 Å². The molecule has 0 fully saturated rings. The highest BCUT2D eigenvalue weighted by atomic mass is 32.2. The summed E-state index contributed by atoms with van der Waals surface area (Å²) in [6.07, 6.45) is 1.09. The van der Waals surface area contributed by atoms with Crippen LogP contribution in [0.15, 0.2) is 59.5 Å². The molecular weight excluding hydrogens is 562 g/mol. The second-order valence-corrected chi connectivity index (χ2v) is 11.0. The minimum atomic E-state index is -3.58. The van der Waals surface area contributed by atoms with Gasteiger partial charge in [-0.15, -0.1) is 0 Å². The summed E-state index contributed by atoms with van der Waals surface area (Å²) in [5.74, 6) is 1.18. The van der Waals surface area contributed by atoms with Crippen LogP contribution in [0.3, 0.4) is 0 Å². The van der Waals surface area contributed by atoms with E-state index in [1.165, 1.54) is 12.1 Å². The minimum Gasteiger partial charge on any atom is -0.497 e. The Labute approximate surface area is 246 Å². The Morgan fingerprint density at radius 3 is 2.14 bits per heavy atom. The van der Waals surface area contributed by atoms with Gasteiger partial charge in [-0.1, -0.05) is 12.1 Å². The number of hydrogen-bond donors (Lipinski definition) is 3. The molecule has 0 radical (unpaired) electrons. The highest BCUT2D eigenvalue weighted by Gasteiger charge is 2.20. The molecule has 3 amide bonds. The summed E-state index contributed by atoms with van der Waals surface area (Å²) < 4.78 is 46.6. The van der Waals surface area contributed by atoms with E-state index in [0.29, 0.717) is 41.7 Å². The van der Waals surface area contributed by atoms with Crippen molar-refractivity contribution < 1.29 is 37.0 Å². The van der Waals surface area contributed by atoms with Gasteiger partial charge in [0.05, 0.1) is 32.5 Å². The van der Waals surface area contributed by atoms with Crippen molar-refractivity contribution in [3.05, 3.63) is 71.3 Å². The fourth-order valence-electron chi connectivity index (χ4n) is 4.05. The number of carbonyl (C=O) groups is 2.